The normalized spacial score (nSPS) is 8.11. The number of carbonyl (C=O) groups excluding carboxylic acids is 1. The maximum absolute atomic E-state index is 10.2. The predicted octanol–water partition coefficient (Wildman–Crippen LogP) is -1.06. The fraction of sp³-hybridized carbons (Fsp3) is 0.667. The molecule has 9 heavy (non-hydrogen) atoms. The van der Waals surface area contributed by atoms with Crippen LogP contribution < -0.4 is 5.32 Å². The molecule has 0 atom stereocenters. The van der Waals surface area contributed by atoms with Crippen LogP contribution in [0.5, 0.6) is 0 Å². The van der Waals surface area contributed by atoms with E-state index in [0.29, 0.717) is 0 Å². The average Bonchev–Trinajstić information content (AvgIpc) is 1.83. The molecule has 0 radical (unpaired) electrons. The van der Waals surface area contributed by atoms with E-state index in [2.05, 4.69) is 10.2 Å². The van der Waals surface area contributed by atoms with E-state index < -0.39 is 17.6 Å². The van der Waals surface area contributed by atoms with Crippen molar-refractivity contribution >= 4 is 5.91 Å². The van der Waals surface area contributed by atoms with Crippen LogP contribution in [0, 0.1) is 10.1 Å². The molecule has 52 valence electrons. The second kappa shape index (κ2) is 3.65. The maximum Gasteiger partial charge on any atom is 0.295 e. The lowest BCUT2D eigenvalue weighted by Crippen LogP contribution is -2.24. The van der Waals surface area contributed by atoms with E-state index in [9.17, 15) is 14.9 Å². The molecule has 0 heterocycles. The van der Waals surface area contributed by atoms with Crippen LogP contribution in [0.2, 0.25) is 0 Å². The first-order chi connectivity index (χ1) is 4.16. The Morgan fingerprint density at radius 2 is 2.44 bits per heavy atom. The van der Waals surface area contributed by atoms with Gasteiger partial charge < -0.3 is 10.2 Å². The van der Waals surface area contributed by atoms with Gasteiger partial charge in [0.2, 0.25) is 5.91 Å². The highest BCUT2D eigenvalue weighted by atomic mass is 16.9. The summed E-state index contributed by atoms with van der Waals surface area (Å²) in [4.78, 5) is 23.3. The first-order valence-electron chi connectivity index (χ1n) is 2.14. The van der Waals surface area contributed by atoms with Gasteiger partial charge in [0.15, 0.2) is 6.61 Å². The Balaban J connectivity index is 3.28. The first-order valence-corrected chi connectivity index (χ1v) is 2.14. The van der Waals surface area contributed by atoms with Crippen LogP contribution in [-0.4, -0.2) is 24.6 Å². The summed E-state index contributed by atoms with van der Waals surface area (Å²) in [6.07, 6.45) is 0. The van der Waals surface area contributed by atoms with Crippen LogP contribution in [0.4, 0.5) is 0 Å². The largest absolute Gasteiger partial charge is 0.357 e. The Kier molecular flexibility index (Phi) is 3.11. The van der Waals surface area contributed by atoms with Gasteiger partial charge in [0, 0.05) is 7.05 Å². The number of rotatable bonds is 3. The summed E-state index contributed by atoms with van der Waals surface area (Å²) in [6, 6.07) is 0. The van der Waals surface area contributed by atoms with Gasteiger partial charge in [-0.25, -0.2) is 0 Å². The molecule has 0 rings (SSSR count). The average molecular weight is 134 g/mol. The van der Waals surface area contributed by atoms with Gasteiger partial charge in [0.1, 0.15) is 0 Å². The fourth-order valence-corrected chi connectivity index (χ4v) is 0.184. The van der Waals surface area contributed by atoms with E-state index in [1.54, 1.807) is 0 Å². The maximum atomic E-state index is 10.2. The molecule has 0 aromatic rings. The highest BCUT2D eigenvalue weighted by molar-refractivity contribution is 5.76. The van der Waals surface area contributed by atoms with Gasteiger partial charge in [-0.05, 0) is 0 Å². The molecule has 0 aromatic carbocycles. The molecular formula is C3H6N2O4. The lowest BCUT2D eigenvalue weighted by Gasteiger charge is -1.94. The molecule has 0 aliphatic heterocycles. The molecule has 0 bridgehead atoms. The molecule has 0 saturated carbocycles. The molecule has 1 N–H and O–H groups in total. The zero-order valence-corrected chi connectivity index (χ0v) is 4.79. The number of hydrogen-bond donors (Lipinski definition) is 1. The summed E-state index contributed by atoms with van der Waals surface area (Å²) in [5, 5.41) is 10.6. The molecule has 1 amide bonds. The SMILES string of the molecule is CNC(=O)CO[N+](=O)[O-]. The summed E-state index contributed by atoms with van der Waals surface area (Å²) in [5.74, 6) is -0.522. The fourth-order valence-electron chi connectivity index (χ4n) is 0.184. The number of nitrogens with one attached hydrogen (secondary N) is 1. The minimum Gasteiger partial charge on any atom is -0.357 e. The van der Waals surface area contributed by atoms with Crippen LogP contribution in [0.1, 0.15) is 0 Å². The van der Waals surface area contributed by atoms with E-state index in [1.165, 1.54) is 7.05 Å². The Bertz CT molecular complexity index is 123. The lowest BCUT2D eigenvalue weighted by molar-refractivity contribution is -0.754. The van der Waals surface area contributed by atoms with Crippen molar-refractivity contribution in [2.24, 2.45) is 0 Å². The summed E-state index contributed by atoms with van der Waals surface area (Å²) in [7, 11) is 1.37. The van der Waals surface area contributed by atoms with Gasteiger partial charge in [0.05, 0.1) is 0 Å². The van der Waals surface area contributed by atoms with Gasteiger partial charge in [-0.1, -0.05) is 0 Å². The topological polar surface area (TPSA) is 81.5 Å². The van der Waals surface area contributed by atoms with Crippen molar-refractivity contribution in [2.45, 2.75) is 0 Å². The second-order valence-electron chi connectivity index (χ2n) is 1.17. The number of hydrogen-bond acceptors (Lipinski definition) is 4. The molecule has 0 unspecified atom stereocenters. The number of amides is 1. The highest BCUT2D eigenvalue weighted by Crippen LogP contribution is 1.72. The van der Waals surface area contributed by atoms with E-state index >= 15 is 0 Å². The molecule has 0 spiro atoms. The van der Waals surface area contributed by atoms with Gasteiger partial charge in [-0.3, -0.25) is 4.79 Å². The third-order valence-corrected chi connectivity index (χ3v) is 0.580. The smallest absolute Gasteiger partial charge is 0.295 e. The monoisotopic (exact) mass is 134 g/mol. The molecule has 0 aliphatic rings. The third kappa shape index (κ3) is 4.52. The highest BCUT2D eigenvalue weighted by Gasteiger charge is 1.99. The molecule has 0 saturated heterocycles. The second-order valence-corrected chi connectivity index (χ2v) is 1.17. The summed E-state index contributed by atoms with van der Waals surface area (Å²) >= 11 is 0. The molecule has 0 fully saturated rings. The van der Waals surface area contributed by atoms with Crippen LogP contribution >= 0.6 is 0 Å². The minimum atomic E-state index is -1.02. The van der Waals surface area contributed by atoms with Crippen molar-refractivity contribution in [3.05, 3.63) is 10.1 Å². The number of carbonyl (C=O) groups is 1. The van der Waals surface area contributed by atoms with Crippen molar-refractivity contribution in [2.75, 3.05) is 13.7 Å². The molecule has 6 heteroatoms. The van der Waals surface area contributed by atoms with Crippen molar-refractivity contribution in [1.29, 1.82) is 0 Å². The van der Waals surface area contributed by atoms with Crippen LogP contribution in [-0.2, 0) is 9.63 Å². The minimum absolute atomic E-state index is 0.522. The zero-order valence-electron chi connectivity index (χ0n) is 4.79. The molecule has 6 nitrogen and oxygen atoms in total. The predicted molar refractivity (Wildman–Crippen MR) is 27.0 cm³/mol. The van der Waals surface area contributed by atoms with E-state index in [-0.39, 0.29) is 0 Å². The molecule has 0 aliphatic carbocycles. The molecule has 0 aromatic heterocycles. The zero-order chi connectivity index (χ0) is 7.28. The van der Waals surface area contributed by atoms with Crippen LogP contribution in [0.25, 0.3) is 0 Å². The van der Waals surface area contributed by atoms with E-state index in [1.807, 2.05) is 0 Å². The van der Waals surface area contributed by atoms with Crippen molar-refractivity contribution in [3.63, 3.8) is 0 Å². The van der Waals surface area contributed by atoms with Gasteiger partial charge in [-0.15, -0.1) is 10.1 Å². The Hall–Kier alpha value is -1.33. The summed E-state index contributed by atoms with van der Waals surface area (Å²) in [5.41, 5.74) is 0. The third-order valence-electron chi connectivity index (χ3n) is 0.580. The van der Waals surface area contributed by atoms with Gasteiger partial charge in [0.25, 0.3) is 5.09 Å². The summed E-state index contributed by atoms with van der Waals surface area (Å²) < 4.78 is 0. The van der Waals surface area contributed by atoms with Crippen molar-refractivity contribution < 1.29 is 14.7 Å². The van der Waals surface area contributed by atoms with Gasteiger partial charge >= 0.3 is 0 Å². The number of likely N-dealkylation sites (N-methyl/N-ethyl adjacent to an activating group) is 1. The Morgan fingerprint density at radius 1 is 1.89 bits per heavy atom. The van der Waals surface area contributed by atoms with Crippen LogP contribution in [0.3, 0.4) is 0 Å². The van der Waals surface area contributed by atoms with E-state index in [0.717, 1.165) is 0 Å². The Morgan fingerprint density at radius 3 is 2.78 bits per heavy atom. The summed E-state index contributed by atoms with van der Waals surface area (Å²) in [6.45, 7) is -0.538. The van der Waals surface area contributed by atoms with E-state index in [4.69, 9.17) is 0 Å². The quantitative estimate of drug-likeness (QED) is 0.394. The van der Waals surface area contributed by atoms with Crippen molar-refractivity contribution in [3.8, 4) is 0 Å². The molecular weight excluding hydrogens is 128 g/mol. The van der Waals surface area contributed by atoms with Crippen molar-refractivity contribution in [1.82, 2.24) is 5.32 Å². The lowest BCUT2D eigenvalue weighted by atomic mass is 10.7. The van der Waals surface area contributed by atoms with Gasteiger partial charge in [-0.2, -0.15) is 0 Å². The number of nitrogens with zero attached hydrogens (tertiary/aromatic N) is 1. The van der Waals surface area contributed by atoms with Crippen LogP contribution in [0.15, 0.2) is 0 Å². The first kappa shape index (κ1) is 7.67. The Labute approximate surface area is 50.9 Å². The standard InChI is InChI=1S/C3H6N2O4/c1-4-3(6)2-9-5(7)8/h2H2,1H3,(H,4,6).